The van der Waals surface area contributed by atoms with Gasteiger partial charge in [0.25, 0.3) is 17.6 Å². The van der Waals surface area contributed by atoms with E-state index in [1.54, 1.807) is 14.3 Å². The number of hydrogen-bond acceptors (Lipinski definition) is 6. The molecule has 1 fully saturated rings. The third-order valence-corrected chi connectivity index (χ3v) is 4.69. The summed E-state index contributed by atoms with van der Waals surface area (Å²) in [4.78, 5) is 50.8. The lowest BCUT2D eigenvalue weighted by atomic mass is 10.2. The number of aromatic amines is 1. The first-order chi connectivity index (χ1) is 13.4. The fourth-order valence-electron chi connectivity index (χ4n) is 3.24. The van der Waals surface area contributed by atoms with Crippen molar-refractivity contribution in [1.29, 1.82) is 0 Å². The lowest BCUT2D eigenvalue weighted by molar-refractivity contribution is 0.0528. The summed E-state index contributed by atoms with van der Waals surface area (Å²) in [5, 5.41) is 4.28. The number of nitrogens with zero attached hydrogens (tertiary/aromatic N) is 6. The van der Waals surface area contributed by atoms with E-state index in [0.29, 0.717) is 37.5 Å². The molecule has 28 heavy (non-hydrogen) atoms. The highest BCUT2D eigenvalue weighted by atomic mass is 16.2. The highest BCUT2D eigenvalue weighted by molar-refractivity contribution is 5.94. The molecule has 0 bridgehead atoms. The van der Waals surface area contributed by atoms with Gasteiger partial charge in [0.15, 0.2) is 0 Å². The second-order valence-corrected chi connectivity index (χ2v) is 6.71. The van der Waals surface area contributed by atoms with Crippen LogP contribution in [0.15, 0.2) is 29.2 Å². The number of pyridine rings is 1. The van der Waals surface area contributed by atoms with Gasteiger partial charge < -0.3 is 14.8 Å². The van der Waals surface area contributed by atoms with Crippen molar-refractivity contribution in [2.75, 3.05) is 26.2 Å². The molecule has 10 nitrogen and oxygen atoms in total. The maximum absolute atomic E-state index is 12.8. The Bertz CT molecular complexity index is 1110. The van der Waals surface area contributed by atoms with E-state index >= 15 is 0 Å². The van der Waals surface area contributed by atoms with Crippen molar-refractivity contribution in [3.63, 3.8) is 0 Å². The summed E-state index contributed by atoms with van der Waals surface area (Å²) in [6, 6.07) is 4.69. The molecule has 0 radical (unpaired) electrons. The van der Waals surface area contributed by atoms with Crippen LogP contribution in [0.1, 0.15) is 32.4 Å². The number of carbonyl (C=O) groups excluding carboxylic acids is 2. The van der Waals surface area contributed by atoms with Gasteiger partial charge in [0, 0.05) is 49.8 Å². The summed E-state index contributed by atoms with van der Waals surface area (Å²) in [5.41, 5.74) is 1.82. The minimum atomic E-state index is -0.279. The number of piperazine rings is 1. The fourth-order valence-corrected chi connectivity index (χ4v) is 3.24. The SMILES string of the molecule is Cc1cc(C)n2nc(C(=O)N3CCN(C(=O)c4ccc(=O)[nH]c4)CC3)nc2n1. The Labute approximate surface area is 159 Å². The smallest absolute Gasteiger partial charge is 0.293 e. The van der Waals surface area contributed by atoms with Crippen molar-refractivity contribution in [1.82, 2.24) is 34.4 Å². The Kier molecular flexibility index (Phi) is 4.38. The van der Waals surface area contributed by atoms with Crippen molar-refractivity contribution >= 4 is 17.6 Å². The van der Waals surface area contributed by atoms with Gasteiger partial charge >= 0.3 is 0 Å². The summed E-state index contributed by atoms with van der Waals surface area (Å²) in [5.74, 6) is 0.0394. The number of H-pyrrole nitrogens is 1. The zero-order valence-corrected chi connectivity index (χ0v) is 15.5. The van der Waals surface area contributed by atoms with E-state index in [9.17, 15) is 14.4 Å². The van der Waals surface area contributed by atoms with Gasteiger partial charge in [-0.2, -0.15) is 4.98 Å². The number of carbonyl (C=O) groups is 2. The number of fused-ring (bicyclic) bond motifs is 1. The van der Waals surface area contributed by atoms with Crippen LogP contribution in [0, 0.1) is 13.8 Å². The van der Waals surface area contributed by atoms with Crippen molar-refractivity contribution < 1.29 is 9.59 Å². The molecule has 4 heterocycles. The van der Waals surface area contributed by atoms with E-state index in [1.807, 2.05) is 19.9 Å². The molecular formula is C18H19N7O3. The molecule has 0 spiro atoms. The van der Waals surface area contributed by atoms with Gasteiger partial charge in [-0.05, 0) is 26.0 Å². The Morgan fingerprint density at radius 2 is 1.68 bits per heavy atom. The lowest BCUT2D eigenvalue weighted by Gasteiger charge is -2.34. The van der Waals surface area contributed by atoms with Crippen LogP contribution in [0.4, 0.5) is 0 Å². The number of nitrogens with one attached hydrogen (secondary N) is 1. The summed E-state index contributed by atoms with van der Waals surface area (Å²) in [6.45, 7) is 5.30. The molecule has 144 valence electrons. The van der Waals surface area contributed by atoms with Crippen molar-refractivity contribution in [2.24, 2.45) is 0 Å². The molecular weight excluding hydrogens is 362 g/mol. The predicted molar refractivity (Wildman–Crippen MR) is 99.1 cm³/mol. The zero-order valence-electron chi connectivity index (χ0n) is 15.5. The van der Waals surface area contributed by atoms with Crippen molar-refractivity contribution in [3.05, 3.63) is 57.5 Å². The normalized spacial score (nSPS) is 14.5. The molecule has 1 aliphatic heterocycles. The van der Waals surface area contributed by atoms with Crippen LogP contribution in [-0.2, 0) is 0 Å². The quantitative estimate of drug-likeness (QED) is 0.669. The van der Waals surface area contributed by atoms with Gasteiger partial charge in [-0.3, -0.25) is 14.4 Å². The summed E-state index contributed by atoms with van der Waals surface area (Å²) in [6.07, 6.45) is 1.40. The van der Waals surface area contributed by atoms with Gasteiger partial charge in [0.05, 0.1) is 5.56 Å². The summed E-state index contributed by atoms with van der Waals surface area (Å²) >= 11 is 0. The molecule has 0 saturated carbocycles. The van der Waals surface area contributed by atoms with E-state index in [0.717, 1.165) is 11.4 Å². The first-order valence-corrected chi connectivity index (χ1v) is 8.91. The van der Waals surface area contributed by atoms with Crippen LogP contribution in [0.2, 0.25) is 0 Å². The third-order valence-electron chi connectivity index (χ3n) is 4.69. The van der Waals surface area contributed by atoms with E-state index in [1.165, 1.54) is 18.3 Å². The Morgan fingerprint density at radius 1 is 1.00 bits per heavy atom. The van der Waals surface area contributed by atoms with E-state index in [2.05, 4.69) is 20.1 Å². The average Bonchev–Trinajstić information content (AvgIpc) is 3.12. The monoisotopic (exact) mass is 381 g/mol. The molecule has 3 aromatic heterocycles. The van der Waals surface area contributed by atoms with Crippen LogP contribution in [0.25, 0.3) is 5.78 Å². The average molecular weight is 381 g/mol. The molecule has 1 aliphatic rings. The summed E-state index contributed by atoms with van der Waals surface area (Å²) < 4.78 is 1.55. The van der Waals surface area contributed by atoms with E-state index < -0.39 is 0 Å². The van der Waals surface area contributed by atoms with Gasteiger partial charge in [-0.1, -0.05) is 0 Å². The number of rotatable bonds is 2. The molecule has 0 unspecified atom stereocenters. The second kappa shape index (κ2) is 6.87. The Balaban J connectivity index is 1.45. The molecule has 10 heteroatoms. The molecule has 0 atom stereocenters. The van der Waals surface area contributed by atoms with Crippen LogP contribution in [0.5, 0.6) is 0 Å². The molecule has 0 aliphatic carbocycles. The topological polar surface area (TPSA) is 117 Å². The molecule has 1 saturated heterocycles. The van der Waals surface area contributed by atoms with Crippen LogP contribution >= 0.6 is 0 Å². The van der Waals surface area contributed by atoms with Gasteiger partial charge in [-0.25, -0.2) is 9.50 Å². The molecule has 3 aromatic rings. The maximum Gasteiger partial charge on any atom is 0.293 e. The predicted octanol–water partition coefficient (Wildman–Crippen LogP) is 0.0276. The molecule has 2 amide bonds. The minimum absolute atomic E-state index is 0.0987. The van der Waals surface area contributed by atoms with Gasteiger partial charge in [-0.15, -0.1) is 5.10 Å². The largest absolute Gasteiger partial charge is 0.335 e. The second-order valence-electron chi connectivity index (χ2n) is 6.71. The standard InChI is InChI=1S/C18H19N7O3/c1-11-9-12(2)25-18(20-11)21-15(22-25)17(28)24-7-5-23(6-8-24)16(27)13-3-4-14(26)19-10-13/h3-4,9-10H,5-8H2,1-2H3,(H,19,26). The fraction of sp³-hybridized carbons (Fsp3) is 0.333. The number of hydrogen-bond donors (Lipinski definition) is 1. The van der Waals surface area contributed by atoms with Crippen molar-refractivity contribution in [3.8, 4) is 0 Å². The van der Waals surface area contributed by atoms with Crippen LogP contribution in [-0.4, -0.2) is 72.4 Å². The number of aromatic nitrogens is 5. The number of amides is 2. The van der Waals surface area contributed by atoms with E-state index in [-0.39, 0.29) is 23.2 Å². The first kappa shape index (κ1) is 17.8. The number of aryl methyl sites for hydroxylation is 2. The third kappa shape index (κ3) is 3.24. The lowest BCUT2D eigenvalue weighted by Crippen LogP contribution is -2.50. The van der Waals surface area contributed by atoms with Gasteiger partial charge in [0.1, 0.15) is 0 Å². The molecule has 0 aromatic carbocycles. The minimum Gasteiger partial charge on any atom is -0.335 e. The summed E-state index contributed by atoms with van der Waals surface area (Å²) in [7, 11) is 0. The zero-order chi connectivity index (χ0) is 19.8. The Hall–Kier alpha value is -3.56. The maximum atomic E-state index is 12.8. The van der Waals surface area contributed by atoms with Gasteiger partial charge in [0.2, 0.25) is 11.4 Å². The van der Waals surface area contributed by atoms with E-state index in [4.69, 9.17) is 0 Å². The Morgan fingerprint density at radius 3 is 2.32 bits per heavy atom. The molecule has 1 N–H and O–H groups in total. The van der Waals surface area contributed by atoms with Crippen molar-refractivity contribution in [2.45, 2.75) is 13.8 Å². The highest BCUT2D eigenvalue weighted by Crippen LogP contribution is 2.11. The van der Waals surface area contributed by atoms with Crippen LogP contribution in [0.3, 0.4) is 0 Å². The first-order valence-electron chi connectivity index (χ1n) is 8.91. The molecule has 4 rings (SSSR count). The van der Waals surface area contributed by atoms with Crippen LogP contribution < -0.4 is 5.56 Å². The highest BCUT2D eigenvalue weighted by Gasteiger charge is 2.28.